The van der Waals surface area contributed by atoms with E-state index in [1.807, 2.05) is 54.6 Å². The third kappa shape index (κ3) is 7.16. The van der Waals surface area contributed by atoms with Crippen LogP contribution in [0.15, 0.2) is 101 Å². The molecule has 39 heavy (non-hydrogen) atoms. The van der Waals surface area contributed by atoms with Gasteiger partial charge in [0.1, 0.15) is 19.0 Å². The number of dihydropyridines is 1. The molecule has 198 valence electrons. The summed E-state index contributed by atoms with van der Waals surface area (Å²) in [5, 5.41) is 18.9. The quantitative estimate of drug-likeness (QED) is 0.234. The monoisotopic (exact) mass is 558 g/mol. The molecule has 1 aromatic heterocycles. The predicted octanol–water partition coefficient (Wildman–Crippen LogP) is 5.52. The van der Waals surface area contributed by atoms with Crippen LogP contribution in [0, 0.1) is 11.3 Å². The zero-order valence-corrected chi connectivity index (χ0v) is 22.8. The minimum Gasteiger partial charge on any atom is -0.489 e. The number of esters is 1. The number of rotatable bonds is 11. The third-order valence-electron chi connectivity index (χ3n) is 5.69. The fourth-order valence-electron chi connectivity index (χ4n) is 3.92. The van der Waals surface area contributed by atoms with Crippen molar-refractivity contribution in [1.82, 2.24) is 10.3 Å². The van der Waals surface area contributed by atoms with Crippen LogP contribution in [0.5, 0.6) is 5.75 Å². The number of ether oxygens (including phenoxy) is 2. The Hall–Kier alpha value is -4.33. The zero-order chi connectivity index (χ0) is 27.6. The topological polar surface area (TPSA) is 113 Å². The van der Waals surface area contributed by atoms with E-state index >= 15 is 0 Å². The van der Waals surface area contributed by atoms with E-state index in [0.717, 1.165) is 11.1 Å². The minimum absolute atomic E-state index is 0.0404. The first kappa shape index (κ1) is 27.7. The number of hydrogen-bond acceptors (Lipinski definition) is 9. The number of hydrogen-bond donors (Lipinski definition) is 2. The molecular weight excluding hydrogens is 532 g/mol. The first-order valence-electron chi connectivity index (χ1n) is 12.0. The summed E-state index contributed by atoms with van der Waals surface area (Å²) < 4.78 is 11.3. The van der Waals surface area contributed by atoms with E-state index in [1.165, 1.54) is 29.2 Å². The molecule has 2 heterocycles. The number of benzene rings is 2. The fourth-order valence-corrected chi connectivity index (χ4v) is 5.36. The van der Waals surface area contributed by atoms with E-state index in [-0.39, 0.29) is 18.3 Å². The molecular formula is C29H26N4O4S2. The zero-order valence-electron chi connectivity index (χ0n) is 21.2. The van der Waals surface area contributed by atoms with E-state index in [1.54, 1.807) is 18.5 Å². The lowest BCUT2D eigenvalue weighted by Crippen LogP contribution is -2.29. The van der Waals surface area contributed by atoms with Crippen molar-refractivity contribution < 1.29 is 19.1 Å². The van der Waals surface area contributed by atoms with Crippen LogP contribution in [0.25, 0.3) is 0 Å². The number of nitrogens with one attached hydrogen (secondary N) is 2. The van der Waals surface area contributed by atoms with E-state index < -0.39 is 11.9 Å². The molecule has 0 spiro atoms. The number of amides is 1. The number of thioether (sulfide) groups is 1. The molecule has 1 amide bonds. The van der Waals surface area contributed by atoms with Crippen LogP contribution in [-0.4, -0.2) is 29.2 Å². The summed E-state index contributed by atoms with van der Waals surface area (Å²) in [7, 11) is 0. The Morgan fingerprint density at radius 2 is 2.00 bits per heavy atom. The molecule has 0 bridgehead atoms. The number of allylic oxidation sites excluding steroid dienone is 2. The molecule has 8 nitrogen and oxygen atoms in total. The molecule has 2 N–H and O–H groups in total. The summed E-state index contributed by atoms with van der Waals surface area (Å²) >= 11 is 2.51. The van der Waals surface area contributed by atoms with E-state index in [9.17, 15) is 14.9 Å². The van der Waals surface area contributed by atoms with Gasteiger partial charge in [-0.15, -0.1) is 11.3 Å². The van der Waals surface area contributed by atoms with E-state index in [4.69, 9.17) is 9.47 Å². The highest BCUT2D eigenvalue weighted by atomic mass is 32.2. The van der Waals surface area contributed by atoms with Crippen LogP contribution < -0.4 is 15.4 Å². The number of carbonyl (C=O) groups excluding carboxylic acids is 2. The maximum Gasteiger partial charge on any atom is 0.337 e. The Morgan fingerprint density at radius 3 is 2.67 bits per heavy atom. The lowest BCUT2D eigenvalue weighted by atomic mass is 9.82. The smallest absolute Gasteiger partial charge is 0.337 e. The van der Waals surface area contributed by atoms with Crippen molar-refractivity contribution in [3.8, 4) is 11.8 Å². The van der Waals surface area contributed by atoms with E-state index in [2.05, 4.69) is 28.3 Å². The Bertz CT molecular complexity index is 1430. The molecule has 2 aromatic carbocycles. The van der Waals surface area contributed by atoms with Crippen LogP contribution in [0.4, 0.5) is 5.13 Å². The van der Waals surface area contributed by atoms with Crippen molar-refractivity contribution in [3.63, 3.8) is 0 Å². The lowest BCUT2D eigenvalue weighted by molar-refractivity contribution is -0.138. The highest BCUT2D eigenvalue weighted by Gasteiger charge is 2.35. The van der Waals surface area contributed by atoms with Gasteiger partial charge in [-0.25, -0.2) is 9.78 Å². The first-order chi connectivity index (χ1) is 19.0. The fraction of sp³-hybridized carbons (Fsp3) is 0.172. The van der Waals surface area contributed by atoms with Gasteiger partial charge >= 0.3 is 5.97 Å². The van der Waals surface area contributed by atoms with Crippen molar-refractivity contribution in [2.45, 2.75) is 19.4 Å². The van der Waals surface area contributed by atoms with Crippen LogP contribution in [0.1, 0.15) is 24.0 Å². The molecule has 1 aliphatic heterocycles. The second kappa shape index (κ2) is 13.5. The van der Waals surface area contributed by atoms with Gasteiger partial charge in [0, 0.05) is 17.3 Å². The Labute approximate surface area is 235 Å². The average Bonchev–Trinajstić information content (AvgIpc) is 3.47. The summed E-state index contributed by atoms with van der Waals surface area (Å²) in [5.74, 6) is -0.788. The number of carbonyl (C=O) groups is 2. The molecule has 10 heteroatoms. The van der Waals surface area contributed by atoms with Gasteiger partial charge in [0.2, 0.25) is 5.91 Å². The summed E-state index contributed by atoms with van der Waals surface area (Å²) in [5.41, 5.74) is 2.94. The normalized spacial score (nSPS) is 14.7. The lowest BCUT2D eigenvalue weighted by Gasteiger charge is -2.29. The van der Waals surface area contributed by atoms with Gasteiger partial charge in [-0.05, 0) is 30.2 Å². The largest absolute Gasteiger partial charge is 0.489 e. The van der Waals surface area contributed by atoms with Crippen LogP contribution >= 0.6 is 23.1 Å². The van der Waals surface area contributed by atoms with Crippen LogP contribution in [0.2, 0.25) is 0 Å². The number of aromatic nitrogens is 1. The van der Waals surface area contributed by atoms with Gasteiger partial charge in [0.15, 0.2) is 5.13 Å². The number of nitriles is 1. The van der Waals surface area contributed by atoms with Crippen molar-refractivity contribution in [1.29, 1.82) is 5.26 Å². The Kier molecular flexibility index (Phi) is 9.56. The molecule has 1 aliphatic rings. The van der Waals surface area contributed by atoms with E-state index in [0.29, 0.717) is 39.4 Å². The van der Waals surface area contributed by atoms with Gasteiger partial charge in [-0.2, -0.15) is 5.26 Å². The maximum absolute atomic E-state index is 13.1. The van der Waals surface area contributed by atoms with Crippen molar-refractivity contribution in [2.75, 3.05) is 17.7 Å². The molecule has 0 saturated carbocycles. The number of nitrogens with zero attached hydrogens (tertiary/aromatic N) is 2. The van der Waals surface area contributed by atoms with Gasteiger partial charge in [-0.3, -0.25) is 4.79 Å². The van der Waals surface area contributed by atoms with Crippen LogP contribution in [-0.2, 0) is 20.9 Å². The van der Waals surface area contributed by atoms with Gasteiger partial charge in [0.05, 0.1) is 33.9 Å². The van der Waals surface area contributed by atoms with Gasteiger partial charge in [0.25, 0.3) is 0 Å². The number of thiazole rings is 1. The second-order valence-electron chi connectivity index (χ2n) is 8.36. The summed E-state index contributed by atoms with van der Waals surface area (Å²) in [6, 6.07) is 19.4. The highest BCUT2D eigenvalue weighted by Crippen LogP contribution is 2.41. The average molecular weight is 559 g/mol. The molecule has 1 atom stereocenters. The summed E-state index contributed by atoms with van der Waals surface area (Å²) in [6.45, 7) is 5.81. The molecule has 0 fully saturated rings. The first-order valence-corrected chi connectivity index (χ1v) is 13.9. The van der Waals surface area contributed by atoms with Crippen molar-refractivity contribution >= 4 is 40.1 Å². The molecule has 0 aliphatic carbocycles. The molecule has 1 unspecified atom stereocenters. The van der Waals surface area contributed by atoms with Crippen molar-refractivity contribution in [2.24, 2.45) is 0 Å². The minimum atomic E-state index is -0.693. The SMILES string of the molecule is C=CCOC(=O)C1=C(C)NC(SCC(=O)Nc2nccs2)=C(C#N)C1c1ccc(OCc2ccccc2)cc1. The Morgan fingerprint density at radius 1 is 1.23 bits per heavy atom. The molecule has 0 saturated heterocycles. The number of anilines is 1. The summed E-state index contributed by atoms with van der Waals surface area (Å²) in [6.07, 6.45) is 3.09. The Balaban J connectivity index is 1.59. The highest BCUT2D eigenvalue weighted by molar-refractivity contribution is 8.03. The maximum atomic E-state index is 13.1. The van der Waals surface area contributed by atoms with Gasteiger partial charge < -0.3 is 20.1 Å². The third-order valence-corrected chi connectivity index (χ3v) is 7.39. The predicted molar refractivity (Wildman–Crippen MR) is 153 cm³/mol. The van der Waals surface area contributed by atoms with Gasteiger partial charge in [-0.1, -0.05) is 66.9 Å². The van der Waals surface area contributed by atoms with Crippen LogP contribution in [0.3, 0.4) is 0 Å². The second-order valence-corrected chi connectivity index (χ2v) is 10.2. The molecule has 0 radical (unpaired) electrons. The summed E-state index contributed by atoms with van der Waals surface area (Å²) in [4.78, 5) is 29.6. The molecule has 4 rings (SSSR count). The molecule has 3 aromatic rings. The van der Waals surface area contributed by atoms with Crippen molar-refractivity contribution in [3.05, 3.63) is 112 Å². The standard InChI is InChI=1S/C29H26N4O4S2/c1-3-14-36-28(35)25-19(2)32-27(39-18-24(34)33-29-31-13-15-38-29)23(16-30)26(25)21-9-11-22(12-10-21)37-17-20-7-5-4-6-8-20/h3-13,15,26,32H,1,14,17-18H2,2H3,(H,31,33,34).